The third-order valence-corrected chi connectivity index (χ3v) is 3.54. The predicted octanol–water partition coefficient (Wildman–Crippen LogP) is 4.41. The SMILES string of the molecule is COc1cc(/C=C(\C#N)C(=O)Nc2ccc(F)cc2)ccc1OCC(C)C. The molecule has 0 saturated carbocycles. The maximum Gasteiger partial charge on any atom is 0.266 e. The lowest BCUT2D eigenvalue weighted by Crippen LogP contribution is -2.13. The normalized spacial score (nSPS) is 11.0. The molecule has 0 saturated heterocycles. The first kappa shape index (κ1) is 20.0. The Hall–Kier alpha value is -3.33. The van der Waals surface area contributed by atoms with E-state index in [0.29, 0.717) is 35.3 Å². The summed E-state index contributed by atoms with van der Waals surface area (Å²) in [5.74, 6) is 0.493. The molecule has 1 N–H and O–H groups in total. The zero-order valence-electron chi connectivity index (χ0n) is 15.5. The van der Waals surface area contributed by atoms with Crippen molar-refractivity contribution >= 4 is 17.7 Å². The highest BCUT2D eigenvalue weighted by atomic mass is 19.1. The van der Waals surface area contributed by atoms with Crippen LogP contribution in [0.4, 0.5) is 10.1 Å². The van der Waals surface area contributed by atoms with Crippen molar-refractivity contribution in [1.29, 1.82) is 5.26 Å². The lowest BCUT2D eigenvalue weighted by Gasteiger charge is -2.13. The molecule has 27 heavy (non-hydrogen) atoms. The summed E-state index contributed by atoms with van der Waals surface area (Å²) in [6.45, 7) is 4.64. The van der Waals surface area contributed by atoms with Gasteiger partial charge in [0.25, 0.3) is 5.91 Å². The average Bonchev–Trinajstić information content (AvgIpc) is 2.66. The summed E-state index contributed by atoms with van der Waals surface area (Å²) in [5.41, 5.74) is 0.935. The number of anilines is 1. The minimum atomic E-state index is -0.580. The van der Waals surface area contributed by atoms with Crippen molar-refractivity contribution in [1.82, 2.24) is 0 Å². The number of carbonyl (C=O) groups excluding carboxylic acids is 1. The molecule has 5 nitrogen and oxygen atoms in total. The third-order valence-electron chi connectivity index (χ3n) is 3.54. The summed E-state index contributed by atoms with van der Waals surface area (Å²) in [4.78, 5) is 12.3. The van der Waals surface area contributed by atoms with Gasteiger partial charge in [0.1, 0.15) is 17.5 Å². The van der Waals surface area contributed by atoms with Crippen molar-refractivity contribution < 1.29 is 18.7 Å². The van der Waals surface area contributed by atoms with Crippen molar-refractivity contribution in [2.45, 2.75) is 13.8 Å². The molecule has 0 bridgehead atoms. The van der Waals surface area contributed by atoms with E-state index in [9.17, 15) is 14.4 Å². The Bertz CT molecular complexity index is 868. The smallest absolute Gasteiger partial charge is 0.266 e. The molecular formula is C21H21FN2O3. The van der Waals surface area contributed by atoms with E-state index >= 15 is 0 Å². The zero-order chi connectivity index (χ0) is 19.8. The fourth-order valence-corrected chi connectivity index (χ4v) is 2.20. The maximum absolute atomic E-state index is 12.9. The molecule has 2 aromatic carbocycles. The fraction of sp³-hybridized carbons (Fsp3) is 0.238. The molecule has 140 valence electrons. The van der Waals surface area contributed by atoms with Gasteiger partial charge in [0.15, 0.2) is 11.5 Å². The number of halogens is 1. The molecule has 0 fully saturated rings. The Labute approximate surface area is 158 Å². The minimum absolute atomic E-state index is 0.0859. The second-order valence-corrected chi connectivity index (χ2v) is 6.25. The maximum atomic E-state index is 12.9. The third kappa shape index (κ3) is 5.86. The van der Waals surface area contributed by atoms with Gasteiger partial charge in [-0.05, 0) is 54.0 Å². The number of nitriles is 1. The Balaban J connectivity index is 2.19. The second-order valence-electron chi connectivity index (χ2n) is 6.25. The van der Waals surface area contributed by atoms with Gasteiger partial charge in [-0.25, -0.2) is 4.39 Å². The van der Waals surface area contributed by atoms with E-state index < -0.39 is 11.7 Å². The number of rotatable bonds is 7. The van der Waals surface area contributed by atoms with Crippen LogP contribution in [0.1, 0.15) is 19.4 Å². The number of nitrogens with one attached hydrogen (secondary N) is 1. The summed E-state index contributed by atoms with van der Waals surface area (Å²) >= 11 is 0. The number of methoxy groups -OCH3 is 1. The van der Waals surface area contributed by atoms with Crippen LogP contribution in [0.15, 0.2) is 48.0 Å². The van der Waals surface area contributed by atoms with Crippen LogP contribution in [0.2, 0.25) is 0 Å². The first-order valence-electron chi connectivity index (χ1n) is 8.42. The van der Waals surface area contributed by atoms with Crippen LogP contribution < -0.4 is 14.8 Å². The van der Waals surface area contributed by atoms with E-state index in [-0.39, 0.29) is 5.57 Å². The molecule has 0 atom stereocenters. The molecule has 0 unspecified atom stereocenters. The van der Waals surface area contributed by atoms with E-state index in [1.165, 1.54) is 37.5 Å². The van der Waals surface area contributed by atoms with E-state index in [1.807, 2.05) is 19.9 Å². The minimum Gasteiger partial charge on any atom is -0.493 e. The Kier molecular flexibility index (Phi) is 6.95. The first-order valence-corrected chi connectivity index (χ1v) is 8.42. The van der Waals surface area contributed by atoms with Crippen LogP contribution in [0, 0.1) is 23.1 Å². The number of hydrogen-bond acceptors (Lipinski definition) is 4. The molecule has 0 radical (unpaired) electrons. The number of benzene rings is 2. The van der Waals surface area contributed by atoms with Gasteiger partial charge < -0.3 is 14.8 Å². The van der Waals surface area contributed by atoms with Crippen molar-refractivity contribution in [3.63, 3.8) is 0 Å². The highest BCUT2D eigenvalue weighted by Gasteiger charge is 2.11. The molecule has 0 aliphatic rings. The van der Waals surface area contributed by atoms with Crippen LogP contribution >= 0.6 is 0 Å². The van der Waals surface area contributed by atoms with Crippen molar-refractivity contribution in [2.75, 3.05) is 19.0 Å². The number of ether oxygens (including phenoxy) is 2. The van der Waals surface area contributed by atoms with Gasteiger partial charge in [0, 0.05) is 5.69 Å². The highest BCUT2D eigenvalue weighted by molar-refractivity contribution is 6.09. The lowest BCUT2D eigenvalue weighted by atomic mass is 10.1. The number of hydrogen-bond donors (Lipinski definition) is 1. The fourth-order valence-electron chi connectivity index (χ4n) is 2.20. The summed E-state index contributed by atoms with van der Waals surface area (Å²) < 4.78 is 24.0. The largest absolute Gasteiger partial charge is 0.493 e. The van der Waals surface area contributed by atoms with E-state index in [0.717, 1.165) is 0 Å². The summed E-state index contributed by atoms with van der Waals surface area (Å²) in [6.07, 6.45) is 1.45. The molecule has 0 aromatic heterocycles. The molecule has 0 spiro atoms. The van der Waals surface area contributed by atoms with Crippen LogP contribution in [0.25, 0.3) is 6.08 Å². The van der Waals surface area contributed by atoms with Crippen LogP contribution in [-0.4, -0.2) is 19.6 Å². The van der Waals surface area contributed by atoms with Crippen LogP contribution in [-0.2, 0) is 4.79 Å². The monoisotopic (exact) mass is 368 g/mol. The number of nitrogens with zero attached hydrogens (tertiary/aromatic N) is 1. The molecule has 0 aliphatic heterocycles. The highest BCUT2D eigenvalue weighted by Crippen LogP contribution is 2.29. The molecular weight excluding hydrogens is 347 g/mol. The van der Waals surface area contributed by atoms with Gasteiger partial charge in [0.05, 0.1) is 13.7 Å². The van der Waals surface area contributed by atoms with Gasteiger partial charge in [-0.15, -0.1) is 0 Å². The van der Waals surface area contributed by atoms with Gasteiger partial charge in [-0.3, -0.25) is 4.79 Å². The Morgan fingerprint density at radius 3 is 2.52 bits per heavy atom. The molecule has 2 aromatic rings. The quantitative estimate of drug-likeness (QED) is 0.580. The van der Waals surface area contributed by atoms with Gasteiger partial charge in [-0.1, -0.05) is 19.9 Å². The average molecular weight is 368 g/mol. The standard InChI is InChI=1S/C21H21FN2O3/c1-14(2)13-27-19-9-4-15(11-20(19)26-3)10-16(12-23)21(25)24-18-7-5-17(22)6-8-18/h4-11,14H,13H2,1-3H3,(H,24,25)/b16-10+. The lowest BCUT2D eigenvalue weighted by molar-refractivity contribution is -0.112. The van der Waals surface area contributed by atoms with E-state index in [1.54, 1.807) is 18.2 Å². The topological polar surface area (TPSA) is 71.3 Å². The van der Waals surface area contributed by atoms with Crippen molar-refractivity contribution in [2.24, 2.45) is 5.92 Å². The molecule has 2 rings (SSSR count). The second kappa shape index (κ2) is 9.39. The zero-order valence-corrected chi connectivity index (χ0v) is 15.5. The molecule has 0 aliphatic carbocycles. The Morgan fingerprint density at radius 1 is 1.22 bits per heavy atom. The summed E-state index contributed by atoms with van der Waals surface area (Å²) in [7, 11) is 1.53. The molecule has 1 amide bonds. The van der Waals surface area contributed by atoms with Gasteiger partial charge in [0.2, 0.25) is 0 Å². The van der Waals surface area contributed by atoms with Crippen LogP contribution in [0.5, 0.6) is 11.5 Å². The number of carbonyl (C=O) groups is 1. The summed E-state index contributed by atoms with van der Waals surface area (Å²) in [5, 5.41) is 11.9. The van der Waals surface area contributed by atoms with E-state index in [2.05, 4.69) is 5.32 Å². The van der Waals surface area contributed by atoms with Crippen molar-refractivity contribution in [3.05, 3.63) is 59.4 Å². The van der Waals surface area contributed by atoms with E-state index in [4.69, 9.17) is 9.47 Å². The Morgan fingerprint density at radius 2 is 1.93 bits per heavy atom. The molecule has 6 heteroatoms. The van der Waals surface area contributed by atoms with Crippen molar-refractivity contribution in [3.8, 4) is 17.6 Å². The number of amides is 1. The predicted molar refractivity (Wildman–Crippen MR) is 102 cm³/mol. The van der Waals surface area contributed by atoms with Gasteiger partial charge in [-0.2, -0.15) is 5.26 Å². The first-order chi connectivity index (χ1) is 12.9. The van der Waals surface area contributed by atoms with Gasteiger partial charge >= 0.3 is 0 Å². The summed E-state index contributed by atoms with van der Waals surface area (Å²) in [6, 6.07) is 12.3. The molecule has 0 heterocycles. The van der Waals surface area contributed by atoms with Crippen LogP contribution in [0.3, 0.4) is 0 Å².